The average molecular weight is 409 g/mol. The highest BCUT2D eigenvalue weighted by Gasteiger charge is 2.09. The van der Waals surface area contributed by atoms with E-state index in [1.54, 1.807) is 24.3 Å². The predicted molar refractivity (Wildman–Crippen MR) is 113 cm³/mol. The molecule has 0 fully saturated rings. The molecular formula is C23H24Cl2F2. The largest absolute Gasteiger partial charge is 0.207 e. The van der Waals surface area contributed by atoms with Crippen molar-refractivity contribution in [3.63, 3.8) is 0 Å². The zero-order chi connectivity index (χ0) is 19.6. The first-order chi connectivity index (χ1) is 13.0. The molecule has 0 aliphatic carbocycles. The van der Waals surface area contributed by atoms with Crippen molar-refractivity contribution in [3.05, 3.63) is 83.4 Å². The summed E-state index contributed by atoms with van der Waals surface area (Å²) in [6.45, 7) is 2.17. The molecule has 4 heteroatoms. The summed E-state index contributed by atoms with van der Waals surface area (Å²) in [5.41, 5.74) is 1.53. The van der Waals surface area contributed by atoms with Crippen LogP contribution < -0.4 is 0 Å². The Balaban J connectivity index is 2.21. The van der Waals surface area contributed by atoms with Gasteiger partial charge >= 0.3 is 0 Å². The van der Waals surface area contributed by atoms with Gasteiger partial charge in [0.05, 0.1) is 0 Å². The Bertz CT molecular complexity index is 700. The molecule has 0 radical (unpaired) electrons. The molecule has 0 amide bonds. The van der Waals surface area contributed by atoms with Gasteiger partial charge in [-0.15, -0.1) is 0 Å². The Morgan fingerprint density at radius 1 is 0.778 bits per heavy atom. The Labute approximate surface area is 170 Å². The molecule has 1 unspecified atom stereocenters. The van der Waals surface area contributed by atoms with E-state index < -0.39 is 0 Å². The lowest BCUT2D eigenvalue weighted by atomic mass is 9.97. The lowest BCUT2D eigenvalue weighted by molar-refractivity contribution is 0.591. The van der Waals surface area contributed by atoms with Gasteiger partial charge in [0.2, 0.25) is 0 Å². The highest BCUT2D eigenvalue weighted by Crippen LogP contribution is 2.28. The highest BCUT2D eigenvalue weighted by molar-refractivity contribution is 6.49. The third kappa shape index (κ3) is 7.48. The smallest absolute Gasteiger partial charge is 0.123 e. The van der Waals surface area contributed by atoms with Crippen LogP contribution in [0.4, 0.5) is 8.78 Å². The molecule has 144 valence electrons. The number of benzene rings is 2. The first-order valence-electron chi connectivity index (χ1n) is 9.26. The molecule has 1 atom stereocenters. The number of allylic oxidation sites excluding steroid dienone is 2. The van der Waals surface area contributed by atoms with Crippen LogP contribution in [0.1, 0.15) is 50.2 Å². The summed E-state index contributed by atoms with van der Waals surface area (Å²) < 4.78 is 26.2. The van der Waals surface area contributed by atoms with Crippen LogP contribution in [0.5, 0.6) is 0 Å². The van der Waals surface area contributed by atoms with Gasteiger partial charge in [0, 0.05) is 10.1 Å². The molecule has 0 aliphatic rings. The number of halogens is 4. The number of unbranched alkanes of at least 4 members (excludes halogenated alkanes) is 3. The van der Waals surface area contributed by atoms with Crippen LogP contribution in [0, 0.1) is 17.6 Å². The quantitative estimate of drug-likeness (QED) is 0.365. The zero-order valence-electron chi connectivity index (χ0n) is 15.4. The van der Waals surface area contributed by atoms with Crippen molar-refractivity contribution in [2.75, 3.05) is 0 Å². The maximum absolute atomic E-state index is 13.1. The SMILES string of the molecule is CCCCCCC(/C=C(\Cl)c1ccc(F)cc1)/C=C(/Cl)c1ccc(F)cc1. The highest BCUT2D eigenvalue weighted by atomic mass is 35.5. The lowest BCUT2D eigenvalue weighted by Crippen LogP contribution is -1.95. The zero-order valence-corrected chi connectivity index (χ0v) is 16.9. The van der Waals surface area contributed by atoms with Crippen molar-refractivity contribution in [1.29, 1.82) is 0 Å². The van der Waals surface area contributed by atoms with E-state index in [2.05, 4.69) is 6.92 Å². The minimum Gasteiger partial charge on any atom is -0.207 e. The molecule has 0 aliphatic heterocycles. The van der Waals surface area contributed by atoms with Crippen LogP contribution in [-0.4, -0.2) is 0 Å². The third-order valence-electron chi connectivity index (χ3n) is 4.35. The van der Waals surface area contributed by atoms with E-state index in [4.69, 9.17) is 23.2 Å². The van der Waals surface area contributed by atoms with Crippen LogP contribution in [0.2, 0.25) is 0 Å². The average Bonchev–Trinajstić information content (AvgIpc) is 2.66. The predicted octanol–water partition coefficient (Wildman–Crippen LogP) is 8.41. The lowest BCUT2D eigenvalue weighted by Gasteiger charge is -2.11. The summed E-state index contributed by atoms with van der Waals surface area (Å²) >= 11 is 12.9. The van der Waals surface area contributed by atoms with Gasteiger partial charge in [0.25, 0.3) is 0 Å². The van der Waals surface area contributed by atoms with Crippen LogP contribution in [-0.2, 0) is 0 Å². The second-order valence-corrected chi connectivity index (χ2v) is 7.37. The number of hydrogen-bond donors (Lipinski definition) is 0. The van der Waals surface area contributed by atoms with E-state index in [1.165, 1.54) is 37.1 Å². The molecule has 0 saturated carbocycles. The van der Waals surface area contributed by atoms with Crippen LogP contribution in [0.3, 0.4) is 0 Å². The van der Waals surface area contributed by atoms with Crippen molar-refractivity contribution >= 4 is 33.3 Å². The second-order valence-electron chi connectivity index (χ2n) is 6.56. The van der Waals surface area contributed by atoms with Crippen molar-refractivity contribution in [2.24, 2.45) is 5.92 Å². The monoisotopic (exact) mass is 408 g/mol. The fraction of sp³-hybridized carbons (Fsp3) is 0.304. The minimum absolute atomic E-state index is 0.0389. The van der Waals surface area contributed by atoms with E-state index in [9.17, 15) is 8.78 Å². The van der Waals surface area contributed by atoms with Gasteiger partial charge in [-0.3, -0.25) is 0 Å². The summed E-state index contributed by atoms with van der Waals surface area (Å²) in [5.74, 6) is -0.547. The summed E-state index contributed by atoms with van der Waals surface area (Å²) in [6.07, 6.45) is 9.39. The van der Waals surface area contributed by atoms with Gasteiger partial charge in [-0.1, -0.05) is 92.2 Å². The Kier molecular flexibility index (Phi) is 9.03. The van der Waals surface area contributed by atoms with Crippen LogP contribution in [0.15, 0.2) is 60.7 Å². The van der Waals surface area contributed by atoms with E-state index in [0.29, 0.717) is 10.1 Å². The number of rotatable bonds is 9. The van der Waals surface area contributed by atoms with Crippen molar-refractivity contribution in [3.8, 4) is 0 Å². The summed E-state index contributed by atoms with van der Waals surface area (Å²) in [5, 5.41) is 1.13. The molecule has 2 rings (SSSR count). The van der Waals surface area contributed by atoms with Crippen LogP contribution in [0.25, 0.3) is 10.1 Å². The molecule has 0 aromatic heterocycles. The summed E-state index contributed by atoms with van der Waals surface area (Å²) in [7, 11) is 0. The molecule has 0 N–H and O–H groups in total. The fourth-order valence-electron chi connectivity index (χ4n) is 2.81. The third-order valence-corrected chi connectivity index (χ3v) is 5.04. The number of hydrogen-bond acceptors (Lipinski definition) is 0. The first-order valence-corrected chi connectivity index (χ1v) is 10.0. The van der Waals surface area contributed by atoms with Gasteiger partial charge < -0.3 is 0 Å². The van der Waals surface area contributed by atoms with E-state index in [-0.39, 0.29) is 17.6 Å². The standard InChI is InChI=1S/C23H24Cl2F2/c1-2-3-4-5-6-17(15-22(24)18-7-11-20(26)12-8-18)16-23(25)19-9-13-21(27)14-10-19/h7-17H,2-6H2,1H3/b22-15-,23-16+. The molecule has 0 spiro atoms. The van der Waals surface area contributed by atoms with Gasteiger partial charge in [-0.25, -0.2) is 8.78 Å². The van der Waals surface area contributed by atoms with E-state index in [0.717, 1.165) is 30.4 Å². The minimum atomic E-state index is -0.293. The maximum atomic E-state index is 13.1. The molecule has 0 bridgehead atoms. The Hall–Kier alpha value is -1.64. The molecule has 0 nitrogen and oxygen atoms in total. The normalized spacial score (nSPS) is 13.7. The van der Waals surface area contributed by atoms with Gasteiger partial charge in [0.1, 0.15) is 11.6 Å². The molecule has 2 aromatic rings. The topological polar surface area (TPSA) is 0 Å². The van der Waals surface area contributed by atoms with Gasteiger partial charge in [0.15, 0.2) is 0 Å². The van der Waals surface area contributed by atoms with E-state index in [1.807, 2.05) is 12.2 Å². The maximum Gasteiger partial charge on any atom is 0.123 e. The molecule has 2 aromatic carbocycles. The fourth-order valence-corrected chi connectivity index (χ4v) is 3.38. The van der Waals surface area contributed by atoms with Crippen molar-refractivity contribution < 1.29 is 8.78 Å². The summed E-state index contributed by atoms with van der Waals surface area (Å²) in [4.78, 5) is 0. The first kappa shape index (κ1) is 21.7. The van der Waals surface area contributed by atoms with Crippen molar-refractivity contribution in [2.45, 2.75) is 39.0 Å². The molecular weight excluding hydrogens is 385 g/mol. The van der Waals surface area contributed by atoms with E-state index >= 15 is 0 Å². The molecule has 27 heavy (non-hydrogen) atoms. The van der Waals surface area contributed by atoms with Crippen molar-refractivity contribution in [1.82, 2.24) is 0 Å². The Morgan fingerprint density at radius 2 is 1.22 bits per heavy atom. The van der Waals surface area contributed by atoms with Crippen LogP contribution >= 0.6 is 23.2 Å². The van der Waals surface area contributed by atoms with Gasteiger partial charge in [-0.05, 0) is 47.7 Å². The van der Waals surface area contributed by atoms with Gasteiger partial charge in [-0.2, -0.15) is 0 Å². The second kappa shape index (κ2) is 11.3. The Morgan fingerprint density at radius 3 is 1.63 bits per heavy atom. The molecule has 0 saturated heterocycles. The molecule has 0 heterocycles. The summed E-state index contributed by atoms with van der Waals surface area (Å²) in [6, 6.07) is 12.2.